The molecule has 2 fully saturated rings. The van der Waals surface area contributed by atoms with Crippen LogP contribution >= 0.6 is 22.9 Å². The second-order valence-electron chi connectivity index (χ2n) is 8.46. The molecule has 1 aromatic heterocycles. The van der Waals surface area contributed by atoms with Gasteiger partial charge in [0.15, 0.2) is 5.13 Å². The largest absolute Gasteiger partial charge is 0.302 e. The number of aromatic nitrogens is 1. The van der Waals surface area contributed by atoms with Gasteiger partial charge in [0, 0.05) is 19.5 Å². The van der Waals surface area contributed by atoms with Crippen LogP contribution < -0.4 is 5.32 Å². The third kappa shape index (κ3) is 6.28. The first kappa shape index (κ1) is 23.7. The highest BCUT2D eigenvalue weighted by Gasteiger charge is 2.32. The molecule has 2 aliphatic rings. The maximum atomic E-state index is 12.4. The topological polar surface area (TPSA) is 79.4 Å². The van der Waals surface area contributed by atoms with Gasteiger partial charge >= 0.3 is 0 Å². The molecular weight excluding hydrogens is 442 g/mol. The quantitative estimate of drug-likeness (QED) is 0.569. The van der Waals surface area contributed by atoms with E-state index in [1.54, 1.807) is 11.2 Å². The van der Waals surface area contributed by atoms with E-state index in [9.17, 15) is 13.2 Å². The monoisotopic (exact) mass is 473 g/mol. The number of sulfonamides is 1. The lowest BCUT2D eigenvalue weighted by Crippen LogP contribution is -2.40. The first-order valence-electron chi connectivity index (χ1n) is 10.9. The molecule has 9 heteroatoms. The highest BCUT2D eigenvalue weighted by atomic mass is 35.5. The zero-order valence-corrected chi connectivity index (χ0v) is 20.2. The maximum absolute atomic E-state index is 12.4. The van der Waals surface area contributed by atoms with Crippen molar-refractivity contribution in [2.45, 2.75) is 58.8 Å². The van der Waals surface area contributed by atoms with Crippen molar-refractivity contribution in [3.05, 3.63) is 22.2 Å². The molecule has 1 aromatic rings. The van der Waals surface area contributed by atoms with Crippen molar-refractivity contribution < 1.29 is 13.2 Å². The highest BCUT2D eigenvalue weighted by molar-refractivity contribution is 7.89. The van der Waals surface area contributed by atoms with Crippen LogP contribution in [0.2, 0.25) is 4.34 Å². The Labute approximate surface area is 189 Å². The van der Waals surface area contributed by atoms with Crippen molar-refractivity contribution in [2.24, 2.45) is 17.8 Å². The molecule has 0 radical (unpaired) electrons. The fraction of sp³-hybridized carbons (Fsp3) is 0.714. The lowest BCUT2D eigenvalue weighted by molar-refractivity contribution is -0.115. The molecule has 2 heterocycles. The Morgan fingerprint density at radius 2 is 1.87 bits per heavy atom. The summed E-state index contributed by atoms with van der Waals surface area (Å²) >= 11 is 7.14. The molecule has 0 bridgehead atoms. The average molecular weight is 474 g/mol. The number of amides is 1. The van der Waals surface area contributed by atoms with Gasteiger partial charge in [0.2, 0.25) is 15.9 Å². The molecule has 1 aliphatic heterocycles. The predicted molar refractivity (Wildman–Crippen MR) is 123 cm³/mol. The molecule has 168 valence electrons. The molecule has 1 amide bonds. The molecule has 1 N–H and O–H groups in total. The highest BCUT2D eigenvalue weighted by Crippen LogP contribution is 2.39. The number of halogens is 1. The lowest BCUT2D eigenvalue weighted by Gasteiger charge is -2.37. The van der Waals surface area contributed by atoms with E-state index in [1.807, 2.05) is 0 Å². The van der Waals surface area contributed by atoms with Crippen LogP contribution in [0.3, 0.4) is 0 Å². The normalized spacial score (nSPS) is 24.7. The van der Waals surface area contributed by atoms with Crippen molar-refractivity contribution >= 4 is 44.0 Å². The smallest absolute Gasteiger partial charge is 0.229 e. The number of rotatable bonds is 7. The maximum Gasteiger partial charge on any atom is 0.229 e. The second-order valence-corrected chi connectivity index (χ2v) is 12.4. The van der Waals surface area contributed by atoms with Crippen molar-refractivity contribution in [1.29, 1.82) is 0 Å². The number of allylic oxidation sites excluding steroid dienone is 1. The van der Waals surface area contributed by atoms with Crippen molar-refractivity contribution in [3.8, 4) is 0 Å². The minimum absolute atomic E-state index is 0.0892. The van der Waals surface area contributed by atoms with Gasteiger partial charge in [-0.05, 0) is 50.4 Å². The van der Waals surface area contributed by atoms with E-state index in [0.29, 0.717) is 40.8 Å². The van der Waals surface area contributed by atoms with Gasteiger partial charge in [0.25, 0.3) is 0 Å². The van der Waals surface area contributed by atoms with Gasteiger partial charge in [-0.25, -0.2) is 17.7 Å². The van der Waals surface area contributed by atoms with Gasteiger partial charge in [-0.3, -0.25) is 4.79 Å². The Hall–Kier alpha value is -0.960. The van der Waals surface area contributed by atoms with E-state index in [2.05, 4.69) is 23.3 Å². The second kappa shape index (κ2) is 10.6. The molecule has 0 unspecified atom stereocenters. The van der Waals surface area contributed by atoms with Gasteiger partial charge in [0.1, 0.15) is 4.34 Å². The van der Waals surface area contributed by atoms with Crippen LogP contribution in [0.4, 0.5) is 5.13 Å². The standard InChI is InChI=1S/C21H32ClN3O3S2/c1-3-30(27,28)25-12-10-17(11-13-25)18(16-6-4-15(2)5-7-16)8-9-20(26)24-21-23-14-19(22)29-21/h8,14-17H,3-7,9-13H2,1-2H3,(H,23,24,26)/b18-8+. The van der Waals surface area contributed by atoms with Crippen LogP contribution in [0.1, 0.15) is 58.8 Å². The average Bonchev–Trinajstić information content (AvgIpc) is 3.14. The number of anilines is 1. The molecule has 0 atom stereocenters. The van der Waals surface area contributed by atoms with E-state index in [0.717, 1.165) is 31.6 Å². The number of piperidine rings is 1. The number of carbonyl (C=O) groups excluding carboxylic acids is 1. The van der Waals surface area contributed by atoms with Crippen LogP contribution in [0.25, 0.3) is 0 Å². The van der Waals surface area contributed by atoms with E-state index in [1.165, 1.54) is 35.9 Å². The summed E-state index contributed by atoms with van der Waals surface area (Å²) in [5.74, 6) is 1.68. The summed E-state index contributed by atoms with van der Waals surface area (Å²) in [5.41, 5.74) is 1.36. The Morgan fingerprint density at radius 3 is 2.43 bits per heavy atom. The SMILES string of the molecule is CCS(=O)(=O)N1CCC(/C(=C/CC(=O)Nc2ncc(Cl)s2)C2CCC(C)CC2)CC1. The number of hydrogen-bond acceptors (Lipinski definition) is 5. The number of nitrogens with one attached hydrogen (secondary N) is 1. The molecule has 1 aliphatic carbocycles. The minimum atomic E-state index is -3.13. The van der Waals surface area contributed by atoms with E-state index in [4.69, 9.17) is 11.6 Å². The Bertz CT molecular complexity index is 853. The number of thiazole rings is 1. The molecule has 3 rings (SSSR count). The summed E-state index contributed by atoms with van der Waals surface area (Å²) in [4.78, 5) is 16.5. The minimum Gasteiger partial charge on any atom is -0.302 e. The summed E-state index contributed by atoms with van der Waals surface area (Å²) in [6.07, 6.45) is 10.4. The molecule has 1 saturated carbocycles. The van der Waals surface area contributed by atoms with E-state index < -0.39 is 10.0 Å². The Morgan fingerprint density at radius 1 is 1.23 bits per heavy atom. The zero-order valence-electron chi connectivity index (χ0n) is 17.8. The molecule has 6 nitrogen and oxygen atoms in total. The Kier molecular flexibility index (Phi) is 8.35. The van der Waals surface area contributed by atoms with Crippen molar-refractivity contribution in [2.75, 3.05) is 24.2 Å². The van der Waals surface area contributed by atoms with Gasteiger partial charge in [-0.15, -0.1) is 0 Å². The van der Waals surface area contributed by atoms with Crippen LogP contribution in [-0.4, -0.2) is 42.5 Å². The molecule has 30 heavy (non-hydrogen) atoms. The molecule has 0 aromatic carbocycles. The molecule has 0 spiro atoms. The van der Waals surface area contributed by atoms with Gasteiger partial charge in [-0.1, -0.05) is 54.4 Å². The molecule has 1 saturated heterocycles. The van der Waals surface area contributed by atoms with Gasteiger partial charge in [0.05, 0.1) is 11.9 Å². The summed E-state index contributed by atoms with van der Waals surface area (Å²) in [6, 6.07) is 0. The van der Waals surface area contributed by atoms with E-state index >= 15 is 0 Å². The van der Waals surface area contributed by atoms with Crippen LogP contribution in [0, 0.1) is 17.8 Å². The first-order valence-corrected chi connectivity index (χ1v) is 13.7. The van der Waals surface area contributed by atoms with Crippen molar-refractivity contribution in [3.63, 3.8) is 0 Å². The summed E-state index contributed by atoms with van der Waals surface area (Å²) in [5, 5.41) is 3.34. The van der Waals surface area contributed by atoms with Crippen LogP contribution in [0.5, 0.6) is 0 Å². The summed E-state index contributed by atoms with van der Waals surface area (Å²) in [6.45, 7) is 5.15. The van der Waals surface area contributed by atoms with E-state index in [-0.39, 0.29) is 11.7 Å². The van der Waals surface area contributed by atoms with Gasteiger partial charge in [-0.2, -0.15) is 0 Å². The number of hydrogen-bond donors (Lipinski definition) is 1. The van der Waals surface area contributed by atoms with Crippen molar-refractivity contribution in [1.82, 2.24) is 9.29 Å². The Balaban J connectivity index is 1.67. The van der Waals surface area contributed by atoms with Crippen LogP contribution in [0.15, 0.2) is 17.8 Å². The summed E-state index contributed by atoms with van der Waals surface area (Å²) in [7, 11) is -3.13. The zero-order chi connectivity index (χ0) is 21.7. The lowest BCUT2D eigenvalue weighted by atomic mass is 9.73. The van der Waals surface area contributed by atoms with Crippen LogP contribution in [-0.2, 0) is 14.8 Å². The number of carbonyl (C=O) groups is 1. The molecular formula is C21H32ClN3O3S2. The third-order valence-electron chi connectivity index (χ3n) is 6.42. The third-order valence-corrected chi connectivity index (χ3v) is 9.33. The fourth-order valence-electron chi connectivity index (χ4n) is 4.60. The fourth-order valence-corrected chi connectivity index (χ4v) is 6.56. The number of nitrogens with zero attached hydrogens (tertiary/aromatic N) is 2. The predicted octanol–water partition coefficient (Wildman–Crippen LogP) is 4.94. The van der Waals surface area contributed by atoms with Gasteiger partial charge < -0.3 is 5.32 Å². The first-order chi connectivity index (χ1) is 14.3. The summed E-state index contributed by atoms with van der Waals surface area (Å²) < 4.78 is 26.6.